The fourth-order valence-corrected chi connectivity index (χ4v) is 3.50. The molecule has 0 saturated heterocycles. The van der Waals surface area contributed by atoms with Crippen LogP contribution < -0.4 is 0 Å². The Morgan fingerprint density at radius 1 is 0.966 bits per heavy atom. The third-order valence-corrected chi connectivity index (χ3v) is 5.12. The maximum Gasteiger partial charge on any atom is 0.342 e. The Morgan fingerprint density at radius 2 is 1.66 bits per heavy atom. The number of ether oxygens (including phenoxy) is 1. The summed E-state index contributed by atoms with van der Waals surface area (Å²) in [6, 6.07) is 20.6. The van der Waals surface area contributed by atoms with Crippen LogP contribution in [0.5, 0.6) is 5.75 Å². The van der Waals surface area contributed by atoms with Gasteiger partial charge in [0.15, 0.2) is 6.61 Å². The van der Waals surface area contributed by atoms with Crippen LogP contribution in [0.1, 0.15) is 22.3 Å². The van der Waals surface area contributed by atoms with Crippen molar-refractivity contribution >= 4 is 28.2 Å². The van der Waals surface area contributed by atoms with E-state index in [1.165, 1.54) is 11.6 Å². The molecule has 1 aliphatic rings. The van der Waals surface area contributed by atoms with Gasteiger partial charge >= 0.3 is 5.97 Å². The number of aromatic hydroxyl groups is 1. The van der Waals surface area contributed by atoms with Crippen molar-refractivity contribution < 1.29 is 19.4 Å². The molecular formula is C24H21NO4. The first-order valence-electron chi connectivity index (χ1n) is 9.53. The predicted molar refractivity (Wildman–Crippen MR) is 112 cm³/mol. The first-order chi connectivity index (χ1) is 14.1. The van der Waals surface area contributed by atoms with Gasteiger partial charge in [-0.15, -0.1) is 0 Å². The lowest BCUT2D eigenvalue weighted by Crippen LogP contribution is -2.37. The Labute approximate surface area is 168 Å². The highest BCUT2D eigenvalue weighted by molar-refractivity contribution is 5.99. The predicted octanol–water partition coefficient (Wildman–Crippen LogP) is 4.02. The molecule has 29 heavy (non-hydrogen) atoms. The van der Waals surface area contributed by atoms with Crippen LogP contribution in [0.3, 0.4) is 0 Å². The van der Waals surface area contributed by atoms with E-state index in [0.717, 1.165) is 22.8 Å². The Morgan fingerprint density at radius 3 is 2.34 bits per heavy atom. The summed E-state index contributed by atoms with van der Waals surface area (Å²) in [7, 11) is 0. The van der Waals surface area contributed by atoms with E-state index in [1.807, 2.05) is 48.5 Å². The van der Waals surface area contributed by atoms with Gasteiger partial charge in [0.2, 0.25) is 0 Å². The van der Waals surface area contributed by atoms with E-state index in [2.05, 4.69) is 12.1 Å². The van der Waals surface area contributed by atoms with Crippen LogP contribution in [0.2, 0.25) is 0 Å². The maximum absolute atomic E-state index is 12.4. The second-order valence-corrected chi connectivity index (χ2v) is 6.98. The lowest BCUT2D eigenvalue weighted by atomic mass is 10.00. The van der Waals surface area contributed by atoms with E-state index in [0.29, 0.717) is 13.1 Å². The van der Waals surface area contributed by atoms with Crippen molar-refractivity contribution in [3.8, 4) is 5.75 Å². The summed E-state index contributed by atoms with van der Waals surface area (Å²) < 4.78 is 5.17. The highest BCUT2D eigenvalue weighted by Gasteiger charge is 2.21. The molecule has 0 aliphatic carbocycles. The third kappa shape index (κ3) is 4.14. The zero-order valence-corrected chi connectivity index (χ0v) is 15.9. The van der Waals surface area contributed by atoms with Gasteiger partial charge in [-0.25, -0.2) is 4.79 Å². The van der Waals surface area contributed by atoms with Crippen LogP contribution in [0.15, 0.2) is 72.8 Å². The number of phenolic OH excluding ortho intramolecular Hbond substituents is 1. The molecule has 0 atom stereocenters. The molecular weight excluding hydrogens is 366 g/mol. The van der Waals surface area contributed by atoms with Gasteiger partial charge < -0.3 is 14.7 Å². The van der Waals surface area contributed by atoms with Crippen molar-refractivity contribution in [1.29, 1.82) is 0 Å². The number of carbonyl (C=O) groups excluding carboxylic acids is 2. The van der Waals surface area contributed by atoms with Gasteiger partial charge in [-0.05, 0) is 40.5 Å². The van der Waals surface area contributed by atoms with Crippen LogP contribution in [0, 0.1) is 0 Å². The van der Waals surface area contributed by atoms with Gasteiger partial charge in [0.25, 0.3) is 5.91 Å². The summed E-state index contributed by atoms with van der Waals surface area (Å²) >= 11 is 0. The van der Waals surface area contributed by atoms with Crippen molar-refractivity contribution in [3.63, 3.8) is 0 Å². The molecule has 0 saturated carbocycles. The van der Waals surface area contributed by atoms with Crippen LogP contribution in [0.4, 0.5) is 0 Å². The number of esters is 1. The standard InChI is InChI=1S/C24H21NO4/c26-22-15-20-9-5-4-8-19(20)14-21(22)24(28)29-16-23(27)25-12-10-18(11-13-25)17-6-2-1-3-7-17/h1-10,14-15,26H,11-13,16H2. The number of benzene rings is 3. The first kappa shape index (κ1) is 18.7. The van der Waals surface area contributed by atoms with Gasteiger partial charge in [0.05, 0.1) is 0 Å². The summed E-state index contributed by atoms with van der Waals surface area (Å²) in [5, 5.41) is 11.8. The largest absolute Gasteiger partial charge is 0.507 e. The topological polar surface area (TPSA) is 66.8 Å². The van der Waals surface area contributed by atoms with Crippen molar-refractivity contribution in [3.05, 3.63) is 83.9 Å². The van der Waals surface area contributed by atoms with Crippen molar-refractivity contribution in [2.24, 2.45) is 0 Å². The fraction of sp³-hybridized carbons (Fsp3) is 0.167. The fourth-order valence-electron chi connectivity index (χ4n) is 3.50. The highest BCUT2D eigenvalue weighted by atomic mass is 16.5. The Balaban J connectivity index is 1.37. The molecule has 1 heterocycles. The third-order valence-electron chi connectivity index (χ3n) is 5.12. The Kier molecular flexibility index (Phi) is 5.29. The van der Waals surface area contributed by atoms with E-state index in [-0.39, 0.29) is 23.8 Å². The monoisotopic (exact) mass is 387 g/mol. The molecule has 1 aliphatic heterocycles. The van der Waals surface area contributed by atoms with E-state index < -0.39 is 5.97 Å². The number of hydrogen-bond acceptors (Lipinski definition) is 4. The number of phenols is 1. The smallest absolute Gasteiger partial charge is 0.342 e. The summed E-state index contributed by atoms with van der Waals surface area (Å²) in [4.78, 5) is 26.5. The lowest BCUT2D eigenvalue weighted by Gasteiger charge is -2.26. The minimum atomic E-state index is -0.709. The minimum Gasteiger partial charge on any atom is -0.507 e. The number of carbonyl (C=O) groups is 2. The average molecular weight is 387 g/mol. The number of rotatable bonds is 4. The molecule has 1 N–H and O–H groups in total. The van der Waals surface area contributed by atoms with Gasteiger partial charge in [-0.2, -0.15) is 0 Å². The molecule has 3 aromatic rings. The zero-order chi connectivity index (χ0) is 20.2. The second kappa shape index (κ2) is 8.19. The summed E-state index contributed by atoms with van der Waals surface area (Å²) in [6.45, 7) is 0.722. The quantitative estimate of drug-likeness (QED) is 0.687. The van der Waals surface area contributed by atoms with Gasteiger partial charge in [0.1, 0.15) is 11.3 Å². The van der Waals surface area contributed by atoms with Gasteiger partial charge in [0, 0.05) is 13.1 Å². The van der Waals surface area contributed by atoms with Gasteiger partial charge in [-0.1, -0.05) is 60.7 Å². The summed E-state index contributed by atoms with van der Waals surface area (Å²) in [5.74, 6) is -1.12. The Bertz CT molecular complexity index is 1090. The molecule has 4 rings (SSSR count). The SMILES string of the molecule is O=C(OCC(=O)N1CC=C(c2ccccc2)CC1)c1cc2ccccc2cc1O. The molecule has 5 nitrogen and oxygen atoms in total. The average Bonchev–Trinajstić information content (AvgIpc) is 2.77. The summed E-state index contributed by atoms with van der Waals surface area (Å²) in [5.41, 5.74) is 2.44. The second-order valence-electron chi connectivity index (χ2n) is 6.98. The van der Waals surface area contributed by atoms with E-state index >= 15 is 0 Å². The molecule has 0 bridgehead atoms. The Hall–Kier alpha value is -3.60. The van der Waals surface area contributed by atoms with Crippen molar-refractivity contribution in [2.45, 2.75) is 6.42 Å². The minimum absolute atomic E-state index is 0.0569. The highest BCUT2D eigenvalue weighted by Crippen LogP contribution is 2.26. The van der Waals surface area contributed by atoms with E-state index in [1.54, 1.807) is 11.0 Å². The molecule has 1 amide bonds. The van der Waals surface area contributed by atoms with Crippen molar-refractivity contribution in [1.82, 2.24) is 4.90 Å². The van der Waals surface area contributed by atoms with Crippen molar-refractivity contribution in [2.75, 3.05) is 19.7 Å². The normalized spacial score (nSPS) is 13.8. The number of nitrogens with zero attached hydrogens (tertiary/aromatic N) is 1. The van der Waals surface area contributed by atoms with Crippen LogP contribution in [-0.4, -0.2) is 41.6 Å². The van der Waals surface area contributed by atoms with E-state index in [4.69, 9.17) is 4.74 Å². The molecule has 0 aromatic heterocycles. The number of amides is 1. The molecule has 5 heteroatoms. The van der Waals surface area contributed by atoms with Gasteiger partial charge in [-0.3, -0.25) is 4.79 Å². The molecule has 0 radical (unpaired) electrons. The van der Waals surface area contributed by atoms with E-state index in [9.17, 15) is 14.7 Å². The lowest BCUT2D eigenvalue weighted by molar-refractivity contribution is -0.134. The summed E-state index contributed by atoms with van der Waals surface area (Å²) in [6.07, 6.45) is 2.79. The number of hydrogen-bond donors (Lipinski definition) is 1. The molecule has 146 valence electrons. The zero-order valence-electron chi connectivity index (χ0n) is 15.9. The van der Waals surface area contributed by atoms with Crippen LogP contribution in [-0.2, 0) is 9.53 Å². The maximum atomic E-state index is 12.4. The van der Waals surface area contributed by atoms with Crippen LogP contribution >= 0.6 is 0 Å². The molecule has 3 aromatic carbocycles. The molecule has 0 unspecified atom stereocenters. The molecule has 0 spiro atoms. The molecule has 0 fully saturated rings. The number of fused-ring (bicyclic) bond motifs is 1. The van der Waals surface area contributed by atoms with Crippen LogP contribution in [0.25, 0.3) is 16.3 Å². The first-order valence-corrected chi connectivity index (χ1v) is 9.53.